The fourth-order valence-corrected chi connectivity index (χ4v) is 2.64. The summed E-state index contributed by atoms with van der Waals surface area (Å²) in [6, 6.07) is 6.06. The molecule has 19 heavy (non-hydrogen) atoms. The lowest BCUT2D eigenvalue weighted by Gasteiger charge is -2.27. The molecule has 0 fully saturated rings. The van der Waals surface area contributed by atoms with Crippen molar-refractivity contribution in [3.63, 3.8) is 0 Å². The second kappa shape index (κ2) is 5.53. The zero-order valence-corrected chi connectivity index (χ0v) is 13.3. The Kier molecular flexibility index (Phi) is 4.19. The van der Waals surface area contributed by atoms with E-state index in [1.807, 2.05) is 32.9 Å². The molecule has 0 saturated heterocycles. The number of carbonyl (C=O) groups excluding carboxylic acids is 1. The van der Waals surface area contributed by atoms with E-state index in [2.05, 4.69) is 22.0 Å². The van der Waals surface area contributed by atoms with Crippen LogP contribution in [-0.2, 0) is 11.2 Å². The van der Waals surface area contributed by atoms with Gasteiger partial charge in [0.25, 0.3) is 0 Å². The molecule has 0 unspecified atom stereocenters. The largest absolute Gasteiger partial charge is 0.443 e. The molecule has 4 heteroatoms. The van der Waals surface area contributed by atoms with Crippen LogP contribution in [0.3, 0.4) is 0 Å². The van der Waals surface area contributed by atoms with E-state index in [0.717, 1.165) is 36.0 Å². The minimum atomic E-state index is -0.459. The summed E-state index contributed by atoms with van der Waals surface area (Å²) in [4.78, 5) is 14.1. The minimum absolute atomic E-state index is 0.252. The molecule has 0 radical (unpaired) electrons. The Labute approximate surface area is 123 Å². The van der Waals surface area contributed by atoms with Gasteiger partial charge in [0.1, 0.15) is 5.60 Å². The molecule has 3 nitrogen and oxygen atoms in total. The van der Waals surface area contributed by atoms with Crippen LogP contribution in [0.25, 0.3) is 0 Å². The highest BCUT2D eigenvalue weighted by atomic mass is 79.9. The standard InChI is InChI=1S/C15H20BrNO2/c1-15(2,3)19-14(18)17-9-5-4-6-11-10-12(16)7-8-13(11)17/h7-8,10H,4-6,9H2,1-3H3. The van der Waals surface area contributed by atoms with E-state index in [1.54, 1.807) is 4.90 Å². The Balaban J connectivity index is 2.29. The van der Waals surface area contributed by atoms with Crippen molar-refractivity contribution < 1.29 is 9.53 Å². The average molecular weight is 326 g/mol. The number of amides is 1. The molecule has 1 heterocycles. The van der Waals surface area contributed by atoms with Crippen LogP contribution in [0.4, 0.5) is 10.5 Å². The maximum absolute atomic E-state index is 12.3. The third-order valence-electron chi connectivity index (χ3n) is 3.02. The quantitative estimate of drug-likeness (QED) is 0.701. The number of rotatable bonds is 0. The van der Waals surface area contributed by atoms with Gasteiger partial charge in [0.2, 0.25) is 0 Å². The van der Waals surface area contributed by atoms with E-state index in [-0.39, 0.29) is 6.09 Å². The van der Waals surface area contributed by atoms with Gasteiger partial charge in [0.15, 0.2) is 0 Å². The first kappa shape index (κ1) is 14.4. The van der Waals surface area contributed by atoms with Gasteiger partial charge >= 0.3 is 6.09 Å². The van der Waals surface area contributed by atoms with Gasteiger partial charge in [-0.05, 0) is 63.8 Å². The molecule has 1 aromatic rings. The molecule has 2 rings (SSSR count). The smallest absolute Gasteiger partial charge is 0.414 e. The van der Waals surface area contributed by atoms with Gasteiger partial charge in [-0.2, -0.15) is 0 Å². The number of halogens is 1. The van der Waals surface area contributed by atoms with Crippen molar-refractivity contribution in [3.05, 3.63) is 28.2 Å². The Hall–Kier alpha value is -1.03. The molecule has 1 amide bonds. The second-order valence-electron chi connectivity index (χ2n) is 5.86. The number of fused-ring (bicyclic) bond motifs is 1. The summed E-state index contributed by atoms with van der Waals surface area (Å²) >= 11 is 3.49. The molecule has 1 aliphatic rings. The lowest BCUT2D eigenvalue weighted by atomic mass is 10.1. The second-order valence-corrected chi connectivity index (χ2v) is 6.78. The minimum Gasteiger partial charge on any atom is -0.443 e. The molecule has 0 N–H and O–H groups in total. The summed E-state index contributed by atoms with van der Waals surface area (Å²) in [5, 5.41) is 0. The van der Waals surface area contributed by atoms with Gasteiger partial charge in [-0.25, -0.2) is 4.79 Å². The molecule has 0 aromatic heterocycles. The topological polar surface area (TPSA) is 29.5 Å². The maximum atomic E-state index is 12.3. The van der Waals surface area contributed by atoms with Crippen LogP contribution in [0, 0.1) is 0 Å². The van der Waals surface area contributed by atoms with Crippen molar-refractivity contribution >= 4 is 27.7 Å². The number of anilines is 1. The van der Waals surface area contributed by atoms with Gasteiger partial charge in [-0.15, -0.1) is 0 Å². The predicted octanol–water partition coefficient (Wildman–Crippen LogP) is 4.53. The van der Waals surface area contributed by atoms with E-state index in [1.165, 1.54) is 5.56 Å². The third kappa shape index (κ3) is 3.72. The Morgan fingerprint density at radius 1 is 1.32 bits per heavy atom. The summed E-state index contributed by atoms with van der Waals surface area (Å²) in [6.07, 6.45) is 2.86. The molecule has 0 saturated carbocycles. The van der Waals surface area contributed by atoms with Crippen LogP contribution in [-0.4, -0.2) is 18.2 Å². The summed E-state index contributed by atoms with van der Waals surface area (Å²) in [5.41, 5.74) is 1.73. The number of nitrogens with zero attached hydrogens (tertiary/aromatic N) is 1. The molecule has 1 aliphatic heterocycles. The highest BCUT2D eigenvalue weighted by Crippen LogP contribution is 2.30. The predicted molar refractivity (Wildman–Crippen MR) is 80.7 cm³/mol. The normalized spacial score (nSPS) is 15.7. The summed E-state index contributed by atoms with van der Waals surface area (Å²) in [6.45, 7) is 6.41. The monoisotopic (exact) mass is 325 g/mol. The summed E-state index contributed by atoms with van der Waals surface area (Å²) < 4.78 is 6.55. The van der Waals surface area contributed by atoms with Crippen molar-refractivity contribution in [2.75, 3.05) is 11.4 Å². The number of aryl methyl sites for hydroxylation is 1. The Bertz CT molecular complexity index is 480. The van der Waals surface area contributed by atoms with Crippen molar-refractivity contribution in [2.24, 2.45) is 0 Å². The van der Waals surface area contributed by atoms with Crippen LogP contribution in [0.15, 0.2) is 22.7 Å². The lowest BCUT2D eigenvalue weighted by Crippen LogP contribution is -2.37. The van der Waals surface area contributed by atoms with Crippen LogP contribution in [0.2, 0.25) is 0 Å². The van der Waals surface area contributed by atoms with Crippen molar-refractivity contribution in [3.8, 4) is 0 Å². The summed E-state index contributed by atoms with van der Waals surface area (Å²) in [5.74, 6) is 0. The molecular formula is C15H20BrNO2. The van der Waals surface area contributed by atoms with Crippen LogP contribution in [0.1, 0.15) is 39.2 Å². The van der Waals surface area contributed by atoms with Crippen molar-refractivity contribution in [1.29, 1.82) is 0 Å². The molecule has 1 aromatic carbocycles. The van der Waals surface area contributed by atoms with Gasteiger partial charge < -0.3 is 4.74 Å². The molecular weight excluding hydrogens is 306 g/mol. The van der Waals surface area contributed by atoms with Crippen molar-refractivity contribution in [2.45, 2.75) is 45.6 Å². The zero-order valence-electron chi connectivity index (χ0n) is 11.7. The number of hydrogen-bond donors (Lipinski definition) is 0. The number of benzene rings is 1. The van der Waals surface area contributed by atoms with Crippen molar-refractivity contribution in [1.82, 2.24) is 0 Å². The van der Waals surface area contributed by atoms with E-state index >= 15 is 0 Å². The van der Waals surface area contributed by atoms with E-state index in [9.17, 15) is 4.79 Å². The fourth-order valence-electron chi connectivity index (χ4n) is 2.23. The van der Waals surface area contributed by atoms with Crippen LogP contribution >= 0.6 is 15.9 Å². The molecule has 104 valence electrons. The van der Waals surface area contributed by atoms with Gasteiger partial charge in [-0.1, -0.05) is 15.9 Å². The molecule has 0 atom stereocenters. The van der Waals surface area contributed by atoms with E-state index in [0.29, 0.717) is 0 Å². The highest BCUT2D eigenvalue weighted by molar-refractivity contribution is 9.10. The summed E-state index contributed by atoms with van der Waals surface area (Å²) in [7, 11) is 0. The fraction of sp³-hybridized carbons (Fsp3) is 0.533. The molecule has 0 bridgehead atoms. The first-order valence-corrected chi connectivity index (χ1v) is 7.45. The number of carbonyl (C=O) groups is 1. The first-order chi connectivity index (χ1) is 8.87. The average Bonchev–Trinajstić information content (AvgIpc) is 2.48. The Morgan fingerprint density at radius 3 is 2.74 bits per heavy atom. The number of hydrogen-bond acceptors (Lipinski definition) is 2. The number of ether oxygens (including phenoxy) is 1. The molecule has 0 spiro atoms. The van der Waals surface area contributed by atoms with Crippen LogP contribution < -0.4 is 4.90 Å². The zero-order chi connectivity index (χ0) is 14.0. The maximum Gasteiger partial charge on any atom is 0.414 e. The van der Waals surface area contributed by atoms with E-state index < -0.39 is 5.60 Å². The molecule has 0 aliphatic carbocycles. The van der Waals surface area contributed by atoms with Gasteiger partial charge in [-0.3, -0.25) is 4.90 Å². The third-order valence-corrected chi connectivity index (χ3v) is 3.52. The van der Waals surface area contributed by atoms with Gasteiger partial charge in [0, 0.05) is 11.0 Å². The first-order valence-electron chi connectivity index (χ1n) is 6.66. The SMILES string of the molecule is CC(C)(C)OC(=O)N1CCCCc2cc(Br)ccc21. The highest BCUT2D eigenvalue weighted by Gasteiger charge is 2.26. The van der Waals surface area contributed by atoms with Gasteiger partial charge in [0.05, 0.1) is 5.69 Å². The van der Waals surface area contributed by atoms with E-state index in [4.69, 9.17) is 4.74 Å². The Morgan fingerprint density at radius 2 is 2.05 bits per heavy atom. The lowest BCUT2D eigenvalue weighted by molar-refractivity contribution is 0.0580. The van der Waals surface area contributed by atoms with Crippen LogP contribution in [0.5, 0.6) is 0 Å².